The van der Waals surface area contributed by atoms with Gasteiger partial charge in [0.2, 0.25) is 5.91 Å². The molecule has 0 bridgehead atoms. The average Bonchev–Trinajstić information content (AvgIpc) is 4.13. The van der Waals surface area contributed by atoms with Gasteiger partial charge in [-0.1, -0.05) is 12.1 Å². The van der Waals surface area contributed by atoms with Gasteiger partial charge in [-0.2, -0.15) is 0 Å². The Morgan fingerprint density at radius 2 is 1.60 bits per heavy atom. The number of piperazine rings is 1. The molecule has 2 atom stereocenters. The first kappa shape index (κ1) is 54.9. The summed E-state index contributed by atoms with van der Waals surface area (Å²) < 4.78 is 41.8. The van der Waals surface area contributed by atoms with Crippen LogP contribution in [-0.2, 0) is 9.53 Å². The van der Waals surface area contributed by atoms with Crippen molar-refractivity contribution >= 4 is 51.2 Å². The number of amides is 2. The van der Waals surface area contributed by atoms with Gasteiger partial charge in [0.15, 0.2) is 5.82 Å². The molecule has 16 nitrogen and oxygen atoms in total. The Hall–Kier alpha value is -6.89. The van der Waals surface area contributed by atoms with Crippen LogP contribution >= 0.6 is 0 Å². The quantitative estimate of drug-likeness (QED) is 0.0498. The molecule has 0 aliphatic carbocycles. The van der Waals surface area contributed by atoms with Crippen LogP contribution < -0.4 is 35.9 Å². The number of rotatable bonds is 16. The fourth-order valence-corrected chi connectivity index (χ4v) is 11.8. The van der Waals surface area contributed by atoms with E-state index in [-0.39, 0.29) is 41.8 Å². The number of piperidine rings is 2. The Labute approximate surface area is 452 Å². The molecule has 77 heavy (non-hydrogen) atoms. The van der Waals surface area contributed by atoms with Gasteiger partial charge in [0, 0.05) is 170 Å². The van der Waals surface area contributed by atoms with Crippen molar-refractivity contribution in [2.45, 2.75) is 70.4 Å². The van der Waals surface area contributed by atoms with E-state index in [4.69, 9.17) is 26.0 Å². The van der Waals surface area contributed by atoms with Crippen molar-refractivity contribution in [3.8, 4) is 16.9 Å². The van der Waals surface area contributed by atoms with Gasteiger partial charge in [-0.3, -0.25) is 14.5 Å². The molecule has 2 aromatic heterocycles. The number of hydrazine groups is 1. The van der Waals surface area contributed by atoms with Gasteiger partial charge in [-0.25, -0.2) is 19.6 Å². The molecule has 5 aromatic rings. The second-order valence-electron chi connectivity index (χ2n) is 20.9. The molecule has 5 aliphatic heterocycles. The van der Waals surface area contributed by atoms with Gasteiger partial charge in [-0.15, -0.1) is 0 Å². The summed E-state index contributed by atoms with van der Waals surface area (Å²) in [6, 6.07) is 22.0. The molecule has 4 fully saturated rings. The van der Waals surface area contributed by atoms with E-state index in [9.17, 15) is 14.0 Å². The number of halogens is 2. The molecule has 0 spiro atoms. The van der Waals surface area contributed by atoms with E-state index in [2.05, 4.69) is 47.7 Å². The number of carbonyl (C=O) groups is 2. The van der Waals surface area contributed by atoms with Crippen molar-refractivity contribution in [3.05, 3.63) is 114 Å². The van der Waals surface area contributed by atoms with Crippen molar-refractivity contribution in [2.24, 2.45) is 11.6 Å². The van der Waals surface area contributed by atoms with E-state index in [0.29, 0.717) is 53.9 Å². The van der Waals surface area contributed by atoms with Gasteiger partial charge in [-0.05, 0) is 112 Å². The van der Waals surface area contributed by atoms with Gasteiger partial charge in [0.25, 0.3) is 5.91 Å². The number of pyridine rings is 1. The highest BCUT2D eigenvalue weighted by Crippen LogP contribution is 2.42. The molecule has 4 saturated heterocycles. The molecule has 5 N–H and O–H groups in total. The van der Waals surface area contributed by atoms with Crippen molar-refractivity contribution < 1.29 is 27.8 Å². The second kappa shape index (κ2) is 25.5. The lowest BCUT2D eigenvalue weighted by Gasteiger charge is -2.41. The smallest absolute Gasteiger partial charge is 0.269 e. The van der Waals surface area contributed by atoms with E-state index in [1.807, 2.05) is 49.5 Å². The number of hydrogen-bond donors (Lipinski definition) is 3. The number of anilines is 4. The molecule has 2 amide bonds. The van der Waals surface area contributed by atoms with E-state index in [1.165, 1.54) is 59.7 Å². The normalized spacial score (nSPS) is 19.1. The lowest BCUT2D eigenvalue weighted by molar-refractivity contribution is -0.130. The maximum Gasteiger partial charge on any atom is 0.269 e. The zero-order valence-electron chi connectivity index (χ0n) is 45.4. The van der Waals surface area contributed by atoms with E-state index >= 15 is 4.39 Å². The highest BCUT2D eigenvalue weighted by atomic mass is 19.1. The third kappa shape index (κ3) is 12.8. The molecular formula is C59H78F2N12O4. The Bertz CT molecular complexity index is 2880. The molecule has 7 heterocycles. The van der Waals surface area contributed by atoms with Crippen LogP contribution in [0.2, 0.25) is 0 Å². The first-order valence-corrected chi connectivity index (χ1v) is 27.6. The second-order valence-corrected chi connectivity index (χ2v) is 20.9. The number of methoxy groups -OCH3 is 1. The third-order valence-corrected chi connectivity index (χ3v) is 15.9. The topological polar surface area (TPSA) is 159 Å². The zero-order chi connectivity index (χ0) is 54.0. The third-order valence-electron chi connectivity index (χ3n) is 15.9. The number of carbonyl (C=O) groups excluding carboxylic acids is 2. The average molecular weight is 1060 g/mol. The molecule has 412 valence electrons. The van der Waals surface area contributed by atoms with Crippen LogP contribution in [0.15, 0.2) is 91.4 Å². The Kier molecular flexibility index (Phi) is 18.2. The van der Waals surface area contributed by atoms with Gasteiger partial charge < -0.3 is 54.6 Å². The number of H-pyrrole nitrogens is 1. The molecule has 18 heteroatoms. The van der Waals surface area contributed by atoms with Crippen LogP contribution in [0.1, 0.15) is 74.3 Å². The molecule has 0 saturated carbocycles. The first-order chi connectivity index (χ1) is 37.4. The summed E-state index contributed by atoms with van der Waals surface area (Å²) in [5.41, 5.74) is 11.8. The van der Waals surface area contributed by atoms with Crippen molar-refractivity contribution in [2.75, 3.05) is 133 Å². The summed E-state index contributed by atoms with van der Waals surface area (Å²) >= 11 is 0. The van der Waals surface area contributed by atoms with E-state index in [0.717, 1.165) is 113 Å². The van der Waals surface area contributed by atoms with Crippen molar-refractivity contribution in [1.29, 1.82) is 0 Å². The maximum absolute atomic E-state index is 16.5. The molecule has 3 aromatic carbocycles. The van der Waals surface area contributed by atoms with Crippen LogP contribution in [0.25, 0.3) is 27.6 Å². The SMILES string of the molecule is CCOCCN1CCN(c2ccc(-c3cc(C4=CCCN(C(=O)CCN(N)/C=C\N)C4)c(F)c4[nH]c(C(=O)N(C)C)cc34)c(OC)c2)CC1.Fc1cccc(N2CCCC3C2CCN3c2cc(N3CCCCC3)ccn2)c1. The van der Waals surface area contributed by atoms with Gasteiger partial charge in [0.1, 0.15) is 23.1 Å². The highest BCUT2D eigenvalue weighted by Gasteiger charge is 2.41. The Morgan fingerprint density at radius 1 is 0.818 bits per heavy atom. The maximum atomic E-state index is 16.5. The van der Waals surface area contributed by atoms with Crippen LogP contribution in [0.5, 0.6) is 5.75 Å². The molecular weight excluding hydrogens is 979 g/mol. The number of nitrogens with zero attached hydrogens (tertiary/aromatic N) is 9. The lowest BCUT2D eigenvalue weighted by atomic mass is 9.92. The number of hydrogen-bond acceptors (Lipinski definition) is 13. The minimum Gasteiger partial charge on any atom is -0.496 e. The first-order valence-electron chi connectivity index (χ1n) is 27.6. The molecule has 5 aliphatic rings. The lowest BCUT2D eigenvalue weighted by Crippen LogP contribution is -2.50. The van der Waals surface area contributed by atoms with E-state index < -0.39 is 5.82 Å². The number of aromatic nitrogens is 2. The van der Waals surface area contributed by atoms with E-state index in [1.54, 1.807) is 38.2 Å². The summed E-state index contributed by atoms with van der Waals surface area (Å²) in [5, 5.41) is 1.93. The fourth-order valence-electron chi connectivity index (χ4n) is 11.8. The van der Waals surface area contributed by atoms with Crippen LogP contribution in [0.3, 0.4) is 0 Å². The predicted molar refractivity (Wildman–Crippen MR) is 304 cm³/mol. The number of nitrogens with one attached hydrogen (secondary N) is 1. The summed E-state index contributed by atoms with van der Waals surface area (Å²) in [4.78, 5) is 49.3. The molecule has 0 radical (unpaired) electrons. The summed E-state index contributed by atoms with van der Waals surface area (Å²) in [5.74, 6) is 6.63. The zero-order valence-corrected chi connectivity index (χ0v) is 45.4. The molecule has 2 unspecified atom stereocenters. The van der Waals surface area contributed by atoms with Crippen molar-refractivity contribution in [3.63, 3.8) is 0 Å². The Balaban J connectivity index is 0.000000216. The number of aromatic amines is 1. The minimum atomic E-state index is -0.476. The summed E-state index contributed by atoms with van der Waals surface area (Å²) in [7, 11) is 4.95. The minimum absolute atomic E-state index is 0.0840. The van der Waals surface area contributed by atoms with Crippen LogP contribution in [0, 0.1) is 11.6 Å². The summed E-state index contributed by atoms with van der Waals surface area (Å²) in [6.45, 7) is 13.4. The standard InChI is InChI=1S/C36H49FN8O4.C23H29FN4/c1-5-49-20-19-42-15-17-43(18-16-42)26-8-9-27(32(21-26)48-4)29-22-28(34(37)35-30(29)23-31(40-35)36(47)41(2)3)25-7-6-12-44(24-25)33(46)10-13-45(39)14-11-38;24-18-6-4-7-20(16-18)27-14-5-8-21-22(27)10-15-28(21)23-17-19(9-11-25-23)26-12-2-1-3-13-26/h7-9,11,14,21-23,40H,5-6,10,12-13,15-20,24,38-39H2,1-4H3;4,6-7,9,11,16-17,21-22H,1-3,5,8,10,12-15H2/b14-11-;. The highest BCUT2D eigenvalue weighted by molar-refractivity contribution is 6.05. The Morgan fingerprint density at radius 3 is 2.35 bits per heavy atom. The number of benzene rings is 3. The molecule has 10 rings (SSSR count). The summed E-state index contributed by atoms with van der Waals surface area (Å²) in [6.07, 6.45) is 14.9. The number of ether oxygens (including phenoxy) is 2. The fraction of sp³-hybridized carbons (Fsp3) is 0.475. The monoisotopic (exact) mass is 1060 g/mol. The number of nitrogens with two attached hydrogens (primary N) is 2. The largest absolute Gasteiger partial charge is 0.496 e. The number of fused-ring (bicyclic) bond motifs is 2. The predicted octanol–water partition coefficient (Wildman–Crippen LogP) is 7.91. The van der Waals surface area contributed by atoms with Gasteiger partial charge in [0.05, 0.1) is 31.3 Å². The van der Waals surface area contributed by atoms with Crippen LogP contribution in [0.4, 0.5) is 31.7 Å². The van der Waals surface area contributed by atoms with Crippen molar-refractivity contribution in [1.82, 2.24) is 29.7 Å². The van der Waals surface area contributed by atoms with Gasteiger partial charge >= 0.3 is 0 Å². The van der Waals surface area contributed by atoms with Crippen LogP contribution in [-0.4, -0.2) is 167 Å².